The molecular weight excluding hydrogens is 1510 g/mol. The molecule has 12 aromatic rings. The highest BCUT2D eigenvalue weighted by molar-refractivity contribution is 6.09. The number of rotatable bonds is 32. The topological polar surface area (TPSA) is 393 Å². The van der Waals surface area contributed by atoms with E-state index in [1.807, 2.05) is 202 Å². The quantitative estimate of drug-likeness (QED) is 0.0138. The Balaban J connectivity index is 0.000000181. The Kier molecular flexibility index (Phi) is 35.0. The number of ether oxygens (including phenoxy) is 3. The van der Waals surface area contributed by atoms with Crippen LogP contribution in [0.25, 0.3) is 0 Å². The fourth-order valence-corrected chi connectivity index (χ4v) is 10.8. The number of benzene rings is 8. The normalized spacial score (nSPS) is 10.4. The molecule has 119 heavy (non-hydrogen) atoms. The number of nitrogens with zero attached hydrogens (tertiary/aromatic N) is 10. The number of amides is 8. The number of anilines is 12. The van der Waals surface area contributed by atoms with Crippen molar-refractivity contribution in [1.29, 1.82) is 0 Å². The molecule has 0 saturated heterocycles. The second-order valence-corrected chi connectivity index (χ2v) is 27.1. The number of carbonyl (C=O) groups excluding carboxylic acids is 5. The molecule has 0 radical (unpaired) electrons. The Hall–Kier alpha value is -14.7. The van der Waals surface area contributed by atoms with Crippen molar-refractivity contribution in [2.24, 2.45) is 5.73 Å². The summed E-state index contributed by atoms with van der Waals surface area (Å²) in [6.07, 6.45) is 2.79. The molecule has 616 valence electrons. The van der Waals surface area contributed by atoms with Crippen LogP contribution in [-0.4, -0.2) is 154 Å². The van der Waals surface area contributed by atoms with Gasteiger partial charge in [-0.1, -0.05) is 91.0 Å². The summed E-state index contributed by atoms with van der Waals surface area (Å²) in [4.78, 5) is 100. The Bertz CT molecular complexity index is 5160. The van der Waals surface area contributed by atoms with E-state index >= 15 is 0 Å². The number of nitrogens with one attached hydrogen (secondary N) is 12. The highest BCUT2D eigenvalue weighted by atomic mass is 16.5. The summed E-state index contributed by atoms with van der Waals surface area (Å²) in [6, 6.07) is 71.2. The van der Waals surface area contributed by atoms with E-state index in [0.29, 0.717) is 87.5 Å². The second-order valence-electron chi connectivity index (χ2n) is 27.1. The molecule has 0 aliphatic rings. The van der Waals surface area contributed by atoms with E-state index in [-0.39, 0.29) is 29.6 Å². The molecule has 0 aliphatic heterocycles. The summed E-state index contributed by atoms with van der Waals surface area (Å²) in [5.74, 6) is 7.73. The third kappa shape index (κ3) is 33.0. The number of aromatic nitrogens is 8. The van der Waals surface area contributed by atoms with Crippen LogP contribution in [-0.2, 0) is 0 Å². The zero-order chi connectivity index (χ0) is 84.5. The van der Waals surface area contributed by atoms with Gasteiger partial charge in [0.05, 0.1) is 0 Å². The number of carbonyl (C=O) groups is 5. The van der Waals surface area contributed by atoms with E-state index in [0.717, 1.165) is 92.0 Å². The standard InChI is InChI=1S/2C23H28N6O2.C22H24N6O2.C20H21N5O2/c1-17-15-21(24-13-8-14-29(2)3)27-22(25-17)28-23(30)26-18-9-7-12-20(16-18)31-19-10-5-4-6-11-19;1-17-16-21(24-14-7-15-29(2)3)27-22(25-17)28-23(30)26-18-10-12-20(13-11-18)31-19-8-5-4-6-9-19;1-15-14-19(24-13-5-12-23)27-21(25-15)28-22(30)26-18-10-8-17(9-11-18)20(29)16-6-3-2-4-7-16;1-3-21-18-13-14(2)22-19(24-18)25-20(26)23-15-9-11-17(12-10-15)27-16-7-5-4-6-8-16/h4-7,9-12,15-16H,8,13-14H2,1-3H3,(H3,24,25,26,27,28,30);4-6,8-13,16H,7,14-15H2,1-3H3,(H3,24,25,26,27,28,30);2-4,6-11,14H,5,12-13,23H2,1H3,(H3,24,25,26,27,28,30);4-13H,3H2,1-2H3,(H3,21,22,23,24,25,26). The van der Waals surface area contributed by atoms with Gasteiger partial charge in [-0.25, -0.2) is 39.1 Å². The maximum absolute atomic E-state index is 12.4. The van der Waals surface area contributed by atoms with Crippen LogP contribution in [0.1, 0.15) is 64.9 Å². The van der Waals surface area contributed by atoms with Crippen LogP contribution in [0.15, 0.2) is 243 Å². The smallest absolute Gasteiger partial charge is 0.326 e. The number of para-hydroxylation sites is 3. The number of hydrogen-bond donors (Lipinski definition) is 13. The average molecular weight is 1610 g/mol. The molecule has 4 aromatic heterocycles. The van der Waals surface area contributed by atoms with E-state index in [1.165, 1.54) is 0 Å². The molecule has 0 saturated carbocycles. The van der Waals surface area contributed by atoms with Gasteiger partial charge in [-0.05, 0) is 223 Å². The minimum absolute atomic E-state index is 0.0746. The molecule has 31 nitrogen and oxygen atoms in total. The summed E-state index contributed by atoms with van der Waals surface area (Å²) in [7, 11) is 8.16. The van der Waals surface area contributed by atoms with Gasteiger partial charge in [0.25, 0.3) is 0 Å². The second kappa shape index (κ2) is 47.2. The predicted octanol–water partition coefficient (Wildman–Crippen LogP) is 17.2. The van der Waals surface area contributed by atoms with Gasteiger partial charge < -0.3 is 72.3 Å². The summed E-state index contributed by atoms with van der Waals surface area (Å²) < 4.78 is 17.3. The molecule has 0 fully saturated rings. The maximum atomic E-state index is 12.4. The zero-order valence-electron chi connectivity index (χ0n) is 68.0. The van der Waals surface area contributed by atoms with E-state index in [2.05, 4.69) is 113 Å². The first kappa shape index (κ1) is 88.3. The molecule has 31 heteroatoms. The molecule has 0 atom stereocenters. The minimum Gasteiger partial charge on any atom is -0.457 e. The molecule has 14 N–H and O–H groups in total. The number of ketones is 1. The Morgan fingerprint density at radius 3 is 0.950 bits per heavy atom. The van der Waals surface area contributed by atoms with Crippen LogP contribution < -0.4 is 83.7 Å². The van der Waals surface area contributed by atoms with Crippen molar-refractivity contribution in [2.75, 3.05) is 138 Å². The molecule has 0 spiro atoms. The lowest BCUT2D eigenvalue weighted by Crippen LogP contribution is -2.21. The Morgan fingerprint density at radius 2 is 0.605 bits per heavy atom. The SMILES string of the molecule is CCNc1cc(C)nc(NC(=O)Nc2ccc(Oc3ccccc3)cc2)n1.Cc1cc(NCCCN(C)C)nc(NC(=O)Nc2ccc(Oc3ccccc3)cc2)n1.Cc1cc(NCCCN(C)C)nc(NC(=O)Nc2cccc(Oc3ccccc3)c2)n1.Cc1cc(NCCCN)nc(NC(=O)Nc2ccc(C(=O)c3ccccc3)cc2)n1. The molecule has 12 rings (SSSR count). The van der Waals surface area contributed by atoms with Crippen LogP contribution in [0.5, 0.6) is 34.5 Å². The predicted molar refractivity (Wildman–Crippen MR) is 472 cm³/mol. The van der Waals surface area contributed by atoms with E-state index in [4.69, 9.17) is 19.9 Å². The fraction of sp³-hybridized carbons (Fsp3) is 0.216. The summed E-state index contributed by atoms with van der Waals surface area (Å²) >= 11 is 0. The van der Waals surface area contributed by atoms with Crippen molar-refractivity contribution in [3.63, 3.8) is 0 Å². The first-order valence-electron chi connectivity index (χ1n) is 38.5. The van der Waals surface area contributed by atoms with Crippen LogP contribution in [0.2, 0.25) is 0 Å². The largest absolute Gasteiger partial charge is 0.457 e. The van der Waals surface area contributed by atoms with Crippen molar-refractivity contribution >= 4 is 99.7 Å². The molecule has 8 aromatic carbocycles. The minimum atomic E-state index is -0.476. The van der Waals surface area contributed by atoms with Crippen molar-refractivity contribution in [3.05, 3.63) is 277 Å². The third-order valence-electron chi connectivity index (χ3n) is 16.2. The summed E-state index contributed by atoms with van der Waals surface area (Å²) in [5.41, 5.74) is 12.1. The number of urea groups is 4. The van der Waals surface area contributed by atoms with Gasteiger partial charge in [0, 0.05) is 113 Å². The van der Waals surface area contributed by atoms with Gasteiger partial charge >= 0.3 is 24.1 Å². The van der Waals surface area contributed by atoms with Crippen molar-refractivity contribution in [3.8, 4) is 34.5 Å². The average Bonchev–Trinajstić information content (AvgIpc) is 0.843. The molecule has 0 aliphatic carbocycles. The number of nitrogens with two attached hydrogens (primary N) is 1. The van der Waals surface area contributed by atoms with Gasteiger partial charge in [-0.3, -0.25) is 26.1 Å². The first-order chi connectivity index (χ1) is 57.6. The summed E-state index contributed by atoms with van der Waals surface area (Å²) in [6.45, 7) is 14.9. The van der Waals surface area contributed by atoms with Crippen LogP contribution in [0, 0.1) is 27.7 Å². The van der Waals surface area contributed by atoms with Crippen molar-refractivity contribution in [2.45, 2.75) is 53.9 Å². The summed E-state index contributed by atoms with van der Waals surface area (Å²) in [5, 5.41) is 34.4. The van der Waals surface area contributed by atoms with Crippen LogP contribution in [0.4, 0.5) is 89.0 Å². The molecular formula is C88H101N23O8. The highest BCUT2D eigenvalue weighted by Crippen LogP contribution is 2.28. The molecule has 4 heterocycles. The monoisotopic (exact) mass is 1610 g/mol. The van der Waals surface area contributed by atoms with Gasteiger partial charge in [-0.2, -0.15) is 19.9 Å². The molecule has 0 bridgehead atoms. The van der Waals surface area contributed by atoms with Gasteiger partial charge in [0.2, 0.25) is 23.8 Å². The van der Waals surface area contributed by atoms with Gasteiger partial charge in [-0.15, -0.1) is 0 Å². The van der Waals surface area contributed by atoms with Crippen molar-refractivity contribution in [1.82, 2.24) is 49.7 Å². The van der Waals surface area contributed by atoms with Crippen molar-refractivity contribution < 1.29 is 38.2 Å². The van der Waals surface area contributed by atoms with E-state index in [1.54, 1.807) is 103 Å². The Morgan fingerprint density at radius 1 is 0.311 bits per heavy atom. The lowest BCUT2D eigenvalue weighted by Gasteiger charge is -2.12. The lowest BCUT2D eigenvalue weighted by molar-refractivity contribution is 0.103. The Labute approximate surface area is 692 Å². The lowest BCUT2D eigenvalue weighted by atomic mass is 10.0. The van der Waals surface area contributed by atoms with E-state index < -0.39 is 24.1 Å². The van der Waals surface area contributed by atoms with Crippen LogP contribution >= 0.6 is 0 Å². The number of aryl methyl sites for hydroxylation is 4. The zero-order valence-corrected chi connectivity index (χ0v) is 68.0. The molecule has 0 unspecified atom stereocenters. The highest BCUT2D eigenvalue weighted by Gasteiger charge is 2.15. The number of hydrogen-bond acceptors (Lipinski definition) is 23. The molecule has 8 amide bonds. The fourth-order valence-electron chi connectivity index (χ4n) is 10.8. The van der Waals surface area contributed by atoms with Gasteiger partial charge in [0.1, 0.15) is 57.8 Å². The maximum Gasteiger partial charge on any atom is 0.326 e. The van der Waals surface area contributed by atoms with Crippen LogP contribution in [0.3, 0.4) is 0 Å². The third-order valence-corrected chi connectivity index (χ3v) is 16.2. The van der Waals surface area contributed by atoms with Gasteiger partial charge in [0.15, 0.2) is 5.78 Å². The first-order valence-corrected chi connectivity index (χ1v) is 38.5. The van der Waals surface area contributed by atoms with E-state index in [9.17, 15) is 24.0 Å².